The van der Waals surface area contributed by atoms with Gasteiger partial charge in [0.15, 0.2) is 0 Å². The molecule has 130 valence electrons. The van der Waals surface area contributed by atoms with Gasteiger partial charge >= 0.3 is 0 Å². The number of rotatable bonds is 3. The zero-order valence-corrected chi connectivity index (χ0v) is 16.0. The molecular weight excluding hydrogens is 328 g/mol. The van der Waals surface area contributed by atoms with Crippen molar-refractivity contribution in [3.63, 3.8) is 0 Å². The van der Waals surface area contributed by atoms with E-state index in [1.807, 2.05) is 0 Å². The van der Waals surface area contributed by atoms with Crippen molar-refractivity contribution in [1.82, 2.24) is 9.97 Å². The Labute approximate surface area is 153 Å². The molecular formula is C20H25N4S+. The molecule has 0 saturated carbocycles. The van der Waals surface area contributed by atoms with Crippen LogP contribution in [0, 0.1) is 20.8 Å². The number of fused-ring (bicyclic) bond motifs is 1. The lowest BCUT2D eigenvalue weighted by molar-refractivity contribution is -0.914. The Morgan fingerprint density at radius 1 is 1.12 bits per heavy atom. The number of hydrogen-bond donors (Lipinski definition) is 1. The van der Waals surface area contributed by atoms with Crippen LogP contribution in [0.3, 0.4) is 0 Å². The Bertz CT molecular complexity index is 894. The molecule has 25 heavy (non-hydrogen) atoms. The van der Waals surface area contributed by atoms with E-state index in [9.17, 15) is 0 Å². The number of anilines is 1. The third-order valence-corrected chi connectivity index (χ3v) is 6.37. The molecule has 1 aliphatic rings. The van der Waals surface area contributed by atoms with Gasteiger partial charge in [-0.15, -0.1) is 11.3 Å². The lowest BCUT2D eigenvalue weighted by Gasteiger charge is -2.33. The number of thiophene rings is 1. The summed E-state index contributed by atoms with van der Waals surface area (Å²) in [6.45, 7) is 12.1. The first-order chi connectivity index (χ1) is 12.1. The zero-order chi connectivity index (χ0) is 17.4. The highest BCUT2D eigenvalue weighted by Gasteiger charge is 2.24. The molecule has 5 heteroatoms. The molecule has 1 fully saturated rings. The summed E-state index contributed by atoms with van der Waals surface area (Å²) >= 11 is 1.78. The van der Waals surface area contributed by atoms with Crippen molar-refractivity contribution in [2.75, 3.05) is 31.1 Å². The maximum Gasteiger partial charge on any atom is 0.141 e. The summed E-state index contributed by atoms with van der Waals surface area (Å²) in [5.41, 5.74) is 4.13. The number of quaternary nitrogens is 1. The first-order valence-electron chi connectivity index (χ1n) is 8.96. The average molecular weight is 354 g/mol. The van der Waals surface area contributed by atoms with Gasteiger partial charge in [0.05, 0.1) is 31.6 Å². The van der Waals surface area contributed by atoms with Crippen molar-refractivity contribution in [3.05, 3.63) is 52.2 Å². The van der Waals surface area contributed by atoms with Crippen LogP contribution in [-0.2, 0) is 6.54 Å². The van der Waals surface area contributed by atoms with Gasteiger partial charge in [-0.2, -0.15) is 0 Å². The first kappa shape index (κ1) is 16.5. The molecule has 0 radical (unpaired) electrons. The fraction of sp³-hybridized carbons (Fsp3) is 0.400. The summed E-state index contributed by atoms with van der Waals surface area (Å²) < 4.78 is 0. The van der Waals surface area contributed by atoms with Gasteiger partial charge < -0.3 is 9.80 Å². The molecule has 1 aromatic carbocycles. The molecule has 1 aliphatic heterocycles. The lowest BCUT2D eigenvalue weighted by Crippen LogP contribution is -3.13. The lowest BCUT2D eigenvalue weighted by atomic mass is 10.1. The first-order valence-corrected chi connectivity index (χ1v) is 9.78. The van der Waals surface area contributed by atoms with E-state index in [-0.39, 0.29) is 0 Å². The summed E-state index contributed by atoms with van der Waals surface area (Å²) in [4.78, 5) is 15.7. The zero-order valence-electron chi connectivity index (χ0n) is 15.2. The molecule has 0 atom stereocenters. The number of piperazine rings is 1. The highest BCUT2D eigenvalue weighted by atomic mass is 32.1. The SMILES string of the molecule is Cc1cccc(C[NH+]2CCN(c3ncnc4sc(C)c(C)c34)CC2)c1. The number of aryl methyl sites for hydroxylation is 3. The van der Waals surface area contributed by atoms with Crippen molar-refractivity contribution in [2.45, 2.75) is 27.3 Å². The van der Waals surface area contributed by atoms with E-state index in [2.05, 4.69) is 59.9 Å². The number of benzene rings is 1. The average Bonchev–Trinajstić information content (AvgIpc) is 2.90. The summed E-state index contributed by atoms with van der Waals surface area (Å²) in [6.07, 6.45) is 1.72. The smallest absolute Gasteiger partial charge is 0.141 e. The molecule has 0 amide bonds. The monoisotopic (exact) mass is 353 g/mol. The molecule has 0 spiro atoms. The number of hydrogen-bond acceptors (Lipinski definition) is 4. The standard InChI is InChI=1S/C20H24N4S/c1-14-5-4-6-17(11-14)12-23-7-9-24(10-8-23)19-18-15(2)16(3)25-20(18)22-13-21-19/h4-6,11,13H,7-10,12H2,1-3H3/p+1. The van der Waals surface area contributed by atoms with E-state index in [4.69, 9.17) is 0 Å². The predicted octanol–water partition coefficient (Wildman–Crippen LogP) is 2.52. The van der Waals surface area contributed by atoms with Gasteiger partial charge in [-0.25, -0.2) is 9.97 Å². The van der Waals surface area contributed by atoms with Gasteiger partial charge in [0.2, 0.25) is 0 Å². The van der Waals surface area contributed by atoms with Crippen LogP contribution in [0.15, 0.2) is 30.6 Å². The fourth-order valence-corrected chi connectivity index (χ4v) is 4.72. The van der Waals surface area contributed by atoms with Gasteiger partial charge in [-0.05, 0) is 26.3 Å². The molecule has 1 saturated heterocycles. The minimum Gasteiger partial charge on any atom is -0.345 e. The van der Waals surface area contributed by atoms with Crippen LogP contribution >= 0.6 is 11.3 Å². The van der Waals surface area contributed by atoms with E-state index in [0.717, 1.165) is 43.4 Å². The highest BCUT2D eigenvalue weighted by molar-refractivity contribution is 7.18. The van der Waals surface area contributed by atoms with Crippen molar-refractivity contribution in [3.8, 4) is 0 Å². The Hall–Kier alpha value is -1.98. The number of nitrogens with one attached hydrogen (secondary N) is 1. The second-order valence-electron chi connectivity index (χ2n) is 7.06. The van der Waals surface area contributed by atoms with Gasteiger partial charge in [0.25, 0.3) is 0 Å². The molecule has 3 aromatic rings. The van der Waals surface area contributed by atoms with Gasteiger partial charge in [0, 0.05) is 10.4 Å². The summed E-state index contributed by atoms with van der Waals surface area (Å²) in [6, 6.07) is 8.89. The second-order valence-corrected chi connectivity index (χ2v) is 8.27. The molecule has 1 N–H and O–H groups in total. The Balaban J connectivity index is 1.49. The fourth-order valence-electron chi connectivity index (χ4n) is 3.73. The highest BCUT2D eigenvalue weighted by Crippen LogP contribution is 2.34. The molecule has 0 bridgehead atoms. The van der Waals surface area contributed by atoms with Crippen molar-refractivity contribution in [1.29, 1.82) is 0 Å². The van der Waals surface area contributed by atoms with E-state index in [1.54, 1.807) is 22.6 Å². The van der Waals surface area contributed by atoms with Crippen LogP contribution in [-0.4, -0.2) is 36.1 Å². The minimum atomic E-state index is 1.06. The normalized spacial score (nSPS) is 15.9. The van der Waals surface area contributed by atoms with E-state index in [0.29, 0.717) is 0 Å². The van der Waals surface area contributed by atoms with Crippen LogP contribution < -0.4 is 9.80 Å². The summed E-state index contributed by atoms with van der Waals surface area (Å²) in [5.74, 6) is 1.13. The molecule has 0 unspecified atom stereocenters. The largest absolute Gasteiger partial charge is 0.345 e. The third-order valence-electron chi connectivity index (χ3n) is 5.25. The van der Waals surface area contributed by atoms with Crippen LogP contribution in [0.2, 0.25) is 0 Å². The van der Waals surface area contributed by atoms with Gasteiger partial charge in [-0.3, -0.25) is 0 Å². The van der Waals surface area contributed by atoms with Crippen LogP contribution in [0.1, 0.15) is 21.6 Å². The maximum atomic E-state index is 4.64. The minimum absolute atomic E-state index is 1.06. The number of aromatic nitrogens is 2. The Morgan fingerprint density at radius 2 is 1.92 bits per heavy atom. The Kier molecular flexibility index (Phi) is 4.44. The van der Waals surface area contributed by atoms with Crippen molar-refractivity contribution >= 4 is 27.4 Å². The van der Waals surface area contributed by atoms with Gasteiger partial charge in [0.1, 0.15) is 23.5 Å². The molecule has 4 nitrogen and oxygen atoms in total. The van der Waals surface area contributed by atoms with Crippen LogP contribution in [0.5, 0.6) is 0 Å². The molecule has 4 rings (SSSR count). The quantitative estimate of drug-likeness (QED) is 0.786. The van der Waals surface area contributed by atoms with E-state index >= 15 is 0 Å². The summed E-state index contributed by atoms with van der Waals surface area (Å²) in [7, 11) is 0. The van der Waals surface area contributed by atoms with Crippen LogP contribution in [0.4, 0.5) is 5.82 Å². The third kappa shape index (κ3) is 3.26. The van der Waals surface area contributed by atoms with E-state index < -0.39 is 0 Å². The summed E-state index contributed by atoms with van der Waals surface area (Å²) in [5, 5.41) is 1.26. The van der Waals surface area contributed by atoms with E-state index in [1.165, 1.54) is 27.0 Å². The predicted molar refractivity (Wildman–Crippen MR) is 105 cm³/mol. The second kappa shape index (κ2) is 6.73. The van der Waals surface area contributed by atoms with Crippen LogP contribution in [0.25, 0.3) is 10.2 Å². The van der Waals surface area contributed by atoms with Crippen molar-refractivity contribution in [2.24, 2.45) is 0 Å². The van der Waals surface area contributed by atoms with Gasteiger partial charge in [-0.1, -0.05) is 29.8 Å². The molecule has 2 aromatic heterocycles. The number of nitrogens with zero attached hydrogens (tertiary/aromatic N) is 3. The maximum absolute atomic E-state index is 4.64. The Morgan fingerprint density at radius 3 is 2.68 bits per heavy atom. The molecule has 0 aliphatic carbocycles. The van der Waals surface area contributed by atoms with Crippen molar-refractivity contribution < 1.29 is 4.90 Å². The molecule has 3 heterocycles. The topological polar surface area (TPSA) is 33.5 Å².